The summed E-state index contributed by atoms with van der Waals surface area (Å²) in [6.07, 6.45) is 1.62. The Morgan fingerprint density at radius 1 is 1.10 bits per heavy atom. The quantitative estimate of drug-likeness (QED) is 0.695. The number of hydrogen-bond acceptors (Lipinski definition) is 3. The number of fused-ring (bicyclic) bond motifs is 1. The van der Waals surface area contributed by atoms with E-state index in [1.165, 1.54) is 12.1 Å². The Balaban J connectivity index is 2.16. The Bertz CT molecular complexity index is 831. The maximum absolute atomic E-state index is 14.1. The topological polar surface area (TPSA) is 50.9 Å². The van der Waals surface area contributed by atoms with E-state index in [0.29, 0.717) is 27.8 Å². The van der Waals surface area contributed by atoms with Crippen LogP contribution in [0.2, 0.25) is 0 Å². The highest BCUT2D eigenvalue weighted by atomic mass is 19.1. The molecule has 21 heavy (non-hydrogen) atoms. The third-order valence-electron chi connectivity index (χ3n) is 3.34. The number of rotatable bonds is 2. The molecule has 0 unspecified atom stereocenters. The van der Waals surface area contributed by atoms with Crippen molar-refractivity contribution in [1.29, 1.82) is 0 Å². The number of nitrogens with zero attached hydrogens (tertiary/aromatic N) is 1. The minimum atomic E-state index is -0.646. The van der Waals surface area contributed by atoms with Gasteiger partial charge in [0.05, 0.1) is 11.2 Å². The lowest BCUT2D eigenvalue weighted by Gasteiger charge is -2.13. The molecule has 0 aliphatic carbocycles. The molecular formula is C16H13F2N3. The van der Waals surface area contributed by atoms with Gasteiger partial charge in [-0.3, -0.25) is 4.98 Å². The fourth-order valence-corrected chi connectivity index (χ4v) is 2.21. The highest BCUT2D eigenvalue weighted by Crippen LogP contribution is 2.31. The van der Waals surface area contributed by atoms with Crippen LogP contribution in [0, 0.1) is 18.6 Å². The van der Waals surface area contributed by atoms with Crippen molar-refractivity contribution < 1.29 is 8.78 Å². The molecule has 3 rings (SSSR count). The molecule has 0 aliphatic heterocycles. The van der Waals surface area contributed by atoms with E-state index in [0.717, 1.165) is 0 Å². The minimum Gasteiger partial charge on any atom is -0.397 e. The molecule has 0 radical (unpaired) electrons. The number of nitrogens with one attached hydrogen (secondary N) is 1. The Morgan fingerprint density at radius 2 is 1.90 bits per heavy atom. The van der Waals surface area contributed by atoms with Crippen LogP contribution in [0.3, 0.4) is 0 Å². The van der Waals surface area contributed by atoms with E-state index >= 15 is 0 Å². The zero-order valence-electron chi connectivity index (χ0n) is 11.3. The van der Waals surface area contributed by atoms with E-state index in [1.54, 1.807) is 37.4 Å². The van der Waals surface area contributed by atoms with Crippen molar-refractivity contribution in [3.8, 4) is 0 Å². The number of anilines is 3. The van der Waals surface area contributed by atoms with Crippen LogP contribution < -0.4 is 11.1 Å². The minimum absolute atomic E-state index is 0.176. The molecule has 2 aromatic carbocycles. The monoisotopic (exact) mass is 285 g/mol. The molecule has 0 aliphatic rings. The molecule has 0 bridgehead atoms. The maximum Gasteiger partial charge on any atom is 0.152 e. The van der Waals surface area contributed by atoms with Gasteiger partial charge in [0.1, 0.15) is 11.5 Å². The average molecular weight is 285 g/mol. The Hall–Kier alpha value is -2.69. The van der Waals surface area contributed by atoms with Crippen LogP contribution in [-0.2, 0) is 0 Å². The SMILES string of the molecule is Cc1ccc(F)c(Nc2ccc(N)c3ncccc23)c1F. The largest absolute Gasteiger partial charge is 0.397 e. The first-order valence-electron chi connectivity index (χ1n) is 6.43. The van der Waals surface area contributed by atoms with E-state index in [-0.39, 0.29) is 5.69 Å². The first-order valence-corrected chi connectivity index (χ1v) is 6.43. The smallest absolute Gasteiger partial charge is 0.152 e. The molecule has 5 heteroatoms. The molecular weight excluding hydrogens is 272 g/mol. The van der Waals surface area contributed by atoms with Crippen molar-refractivity contribution >= 4 is 28.0 Å². The molecule has 0 spiro atoms. The normalized spacial score (nSPS) is 10.8. The summed E-state index contributed by atoms with van der Waals surface area (Å²) < 4.78 is 27.9. The van der Waals surface area contributed by atoms with Crippen LogP contribution in [-0.4, -0.2) is 4.98 Å². The lowest BCUT2D eigenvalue weighted by atomic mass is 10.1. The summed E-state index contributed by atoms with van der Waals surface area (Å²) in [5.41, 5.74) is 7.72. The maximum atomic E-state index is 14.1. The van der Waals surface area contributed by atoms with Crippen molar-refractivity contribution in [3.63, 3.8) is 0 Å². The fraction of sp³-hybridized carbons (Fsp3) is 0.0625. The molecule has 3 nitrogen and oxygen atoms in total. The van der Waals surface area contributed by atoms with Crippen LogP contribution in [0.25, 0.3) is 10.9 Å². The molecule has 1 aromatic heterocycles. The first kappa shape index (κ1) is 13.3. The van der Waals surface area contributed by atoms with Gasteiger partial charge in [-0.1, -0.05) is 6.07 Å². The lowest BCUT2D eigenvalue weighted by molar-refractivity contribution is 0.585. The zero-order chi connectivity index (χ0) is 15.0. The molecule has 0 saturated carbocycles. The molecule has 106 valence electrons. The van der Waals surface area contributed by atoms with Gasteiger partial charge in [0.2, 0.25) is 0 Å². The van der Waals surface area contributed by atoms with Crippen molar-refractivity contribution in [2.24, 2.45) is 0 Å². The summed E-state index contributed by atoms with van der Waals surface area (Å²) in [5.74, 6) is -1.25. The number of aryl methyl sites for hydroxylation is 1. The highest BCUT2D eigenvalue weighted by molar-refractivity contribution is 5.99. The molecule has 3 aromatic rings. The first-order chi connectivity index (χ1) is 10.1. The second-order valence-electron chi connectivity index (χ2n) is 4.78. The number of nitrogens with two attached hydrogens (primary N) is 1. The van der Waals surface area contributed by atoms with Crippen molar-refractivity contribution in [3.05, 3.63) is 59.8 Å². The lowest BCUT2D eigenvalue weighted by Crippen LogP contribution is -2.01. The standard InChI is InChI=1S/C16H13F2N3/c1-9-4-5-11(17)16(14(9)18)21-13-7-6-12(19)15-10(13)3-2-8-20-15/h2-8,21H,19H2,1H3. The summed E-state index contributed by atoms with van der Waals surface area (Å²) in [5, 5.41) is 3.51. The molecule has 0 fully saturated rings. The van der Waals surface area contributed by atoms with E-state index in [1.807, 2.05) is 0 Å². The Morgan fingerprint density at radius 3 is 2.71 bits per heavy atom. The number of nitrogen functional groups attached to an aromatic ring is 1. The van der Waals surface area contributed by atoms with Crippen LogP contribution >= 0.6 is 0 Å². The molecule has 3 N–H and O–H groups in total. The van der Waals surface area contributed by atoms with Crippen molar-refractivity contribution in [1.82, 2.24) is 4.98 Å². The number of hydrogen-bond donors (Lipinski definition) is 2. The third-order valence-corrected chi connectivity index (χ3v) is 3.34. The molecule has 0 saturated heterocycles. The van der Waals surface area contributed by atoms with Gasteiger partial charge in [-0.2, -0.15) is 0 Å². The third kappa shape index (κ3) is 2.27. The Labute approximate surface area is 120 Å². The van der Waals surface area contributed by atoms with Gasteiger partial charge in [-0.25, -0.2) is 8.78 Å². The van der Waals surface area contributed by atoms with E-state index in [4.69, 9.17) is 5.73 Å². The van der Waals surface area contributed by atoms with Gasteiger partial charge in [0.15, 0.2) is 5.82 Å². The number of pyridine rings is 1. The second-order valence-corrected chi connectivity index (χ2v) is 4.78. The van der Waals surface area contributed by atoms with Crippen molar-refractivity contribution in [2.45, 2.75) is 6.92 Å². The number of benzene rings is 2. The summed E-state index contributed by atoms with van der Waals surface area (Å²) in [6, 6.07) is 9.52. The highest BCUT2D eigenvalue weighted by Gasteiger charge is 2.13. The van der Waals surface area contributed by atoms with Gasteiger partial charge >= 0.3 is 0 Å². The zero-order valence-corrected chi connectivity index (χ0v) is 11.3. The second kappa shape index (κ2) is 5.01. The predicted octanol–water partition coefficient (Wildman–Crippen LogP) is 4.15. The van der Waals surface area contributed by atoms with Crippen LogP contribution in [0.5, 0.6) is 0 Å². The van der Waals surface area contributed by atoms with Gasteiger partial charge in [-0.15, -0.1) is 0 Å². The van der Waals surface area contributed by atoms with Gasteiger partial charge in [0.25, 0.3) is 0 Å². The van der Waals surface area contributed by atoms with Crippen molar-refractivity contribution in [2.75, 3.05) is 11.1 Å². The van der Waals surface area contributed by atoms with E-state index < -0.39 is 11.6 Å². The molecule has 1 heterocycles. The summed E-state index contributed by atoms with van der Waals surface area (Å²) in [6.45, 7) is 1.59. The predicted molar refractivity (Wildman–Crippen MR) is 80.5 cm³/mol. The van der Waals surface area contributed by atoms with Crippen LogP contribution in [0.1, 0.15) is 5.56 Å². The summed E-state index contributed by atoms with van der Waals surface area (Å²) >= 11 is 0. The number of aromatic nitrogens is 1. The molecule has 0 amide bonds. The van der Waals surface area contributed by atoms with E-state index in [9.17, 15) is 8.78 Å². The van der Waals surface area contributed by atoms with Crippen LogP contribution in [0.15, 0.2) is 42.6 Å². The van der Waals surface area contributed by atoms with Gasteiger partial charge < -0.3 is 11.1 Å². The van der Waals surface area contributed by atoms with E-state index in [2.05, 4.69) is 10.3 Å². The number of halogens is 2. The van der Waals surface area contributed by atoms with Gasteiger partial charge in [-0.05, 0) is 42.8 Å². The average Bonchev–Trinajstić information content (AvgIpc) is 2.50. The fourth-order valence-electron chi connectivity index (χ4n) is 2.21. The summed E-state index contributed by atoms with van der Waals surface area (Å²) in [7, 11) is 0. The summed E-state index contributed by atoms with van der Waals surface area (Å²) in [4.78, 5) is 4.19. The molecule has 0 atom stereocenters. The Kier molecular flexibility index (Phi) is 3.17. The van der Waals surface area contributed by atoms with Gasteiger partial charge in [0, 0.05) is 17.3 Å². The van der Waals surface area contributed by atoms with Crippen LogP contribution in [0.4, 0.5) is 25.8 Å².